The summed E-state index contributed by atoms with van der Waals surface area (Å²) >= 11 is 0. The third-order valence-electron chi connectivity index (χ3n) is 6.03. The number of rotatable bonds is 5. The molecule has 30 heavy (non-hydrogen) atoms. The van der Waals surface area contributed by atoms with Crippen molar-refractivity contribution in [1.29, 1.82) is 0 Å². The molecule has 1 aromatic carbocycles. The Morgan fingerprint density at radius 2 is 2.07 bits per heavy atom. The van der Waals surface area contributed by atoms with Crippen LogP contribution in [-0.2, 0) is 24.2 Å². The van der Waals surface area contributed by atoms with Gasteiger partial charge in [0, 0.05) is 38.5 Å². The second kappa shape index (κ2) is 9.00. The molecule has 0 saturated carbocycles. The highest BCUT2D eigenvalue weighted by Crippen LogP contribution is 2.26. The minimum absolute atomic E-state index is 0.0283. The average Bonchev–Trinajstić information content (AvgIpc) is 2.76. The number of hydrogen-bond donors (Lipinski definition) is 1. The Bertz CT molecular complexity index is 954. The van der Waals surface area contributed by atoms with Crippen molar-refractivity contribution in [2.45, 2.75) is 45.1 Å². The molecule has 1 aromatic heterocycles. The van der Waals surface area contributed by atoms with E-state index in [1.54, 1.807) is 0 Å². The number of nitrogens with zero attached hydrogens (tertiary/aromatic N) is 3. The van der Waals surface area contributed by atoms with Gasteiger partial charge < -0.3 is 19.5 Å². The number of aromatic nitrogens is 2. The molecule has 7 nitrogen and oxygen atoms in total. The second-order valence-corrected chi connectivity index (χ2v) is 8.30. The third-order valence-corrected chi connectivity index (χ3v) is 6.03. The van der Waals surface area contributed by atoms with Crippen LogP contribution < -0.4 is 10.3 Å². The number of likely N-dealkylation sites (tertiary alicyclic amines) is 1. The van der Waals surface area contributed by atoms with Gasteiger partial charge in [-0.15, -0.1) is 0 Å². The van der Waals surface area contributed by atoms with E-state index in [1.807, 2.05) is 43.1 Å². The Morgan fingerprint density at radius 1 is 1.27 bits per heavy atom. The first kappa shape index (κ1) is 20.6. The smallest absolute Gasteiger partial charge is 0.255 e. The highest BCUT2D eigenvalue weighted by atomic mass is 16.5. The molecule has 2 aromatic rings. The molecule has 1 saturated heterocycles. The number of piperidine rings is 1. The highest BCUT2D eigenvalue weighted by molar-refractivity contribution is 5.79. The van der Waals surface area contributed by atoms with Crippen LogP contribution in [-0.4, -0.2) is 59.0 Å². The molecule has 7 heteroatoms. The summed E-state index contributed by atoms with van der Waals surface area (Å²) in [6.07, 6.45) is 3.03. The Kier molecular flexibility index (Phi) is 6.18. The zero-order valence-electron chi connectivity index (χ0n) is 17.8. The van der Waals surface area contributed by atoms with Gasteiger partial charge in [-0.2, -0.15) is 0 Å². The molecule has 160 valence electrons. The summed E-state index contributed by atoms with van der Waals surface area (Å²) in [5.74, 6) is 1.76. The van der Waals surface area contributed by atoms with Crippen LogP contribution in [0.4, 0.5) is 0 Å². The number of amides is 1. The third kappa shape index (κ3) is 4.56. The van der Waals surface area contributed by atoms with Crippen LogP contribution >= 0.6 is 0 Å². The first-order valence-corrected chi connectivity index (χ1v) is 10.8. The number of carbonyl (C=O) groups excluding carboxylic acids is 1. The number of carbonyl (C=O) groups is 1. The van der Waals surface area contributed by atoms with Crippen LogP contribution in [0.2, 0.25) is 0 Å². The summed E-state index contributed by atoms with van der Waals surface area (Å²) in [5, 5.41) is 0. The van der Waals surface area contributed by atoms with Crippen molar-refractivity contribution in [2.24, 2.45) is 0 Å². The minimum atomic E-state index is -0.0283. The van der Waals surface area contributed by atoms with Crippen molar-refractivity contribution < 1.29 is 9.53 Å². The molecule has 2 aliphatic rings. The summed E-state index contributed by atoms with van der Waals surface area (Å²) < 4.78 is 5.47. The van der Waals surface area contributed by atoms with Gasteiger partial charge in [0.25, 0.3) is 5.56 Å². The Balaban J connectivity index is 1.43. The van der Waals surface area contributed by atoms with E-state index in [0.717, 1.165) is 60.7 Å². The van der Waals surface area contributed by atoms with Gasteiger partial charge in [0.15, 0.2) is 0 Å². The summed E-state index contributed by atoms with van der Waals surface area (Å²) in [5.41, 5.74) is 2.66. The van der Waals surface area contributed by atoms with Crippen LogP contribution in [0, 0.1) is 0 Å². The summed E-state index contributed by atoms with van der Waals surface area (Å²) in [6.45, 7) is 5.51. The summed E-state index contributed by atoms with van der Waals surface area (Å²) in [4.78, 5) is 37.3. The second-order valence-electron chi connectivity index (χ2n) is 8.30. The van der Waals surface area contributed by atoms with Crippen LogP contribution in [0.3, 0.4) is 0 Å². The van der Waals surface area contributed by atoms with E-state index in [-0.39, 0.29) is 17.4 Å². The molecular weight excluding hydrogens is 380 g/mol. The molecule has 1 fully saturated rings. The normalized spacial score (nSPS) is 19.4. The average molecular weight is 411 g/mol. The fraction of sp³-hybridized carbons (Fsp3) is 0.522. The quantitative estimate of drug-likeness (QED) is 0.817. The molecule has 1 atom stereocenters. The lowest BCUT2D eigenvalue weighted by molar-refractivity contribution is -0.131. The van der Waals surface area contributed by atoms with Crippen molar-refractivity contribution in [3.63, 3.8) is 0 Å². The molecule has 2 aliphatic heterocycles. The number of nitrogens with one attached hydrogen (secondary N) is 1. The zero-order chi connectivity index (χ0) is 21.1. The summed E-state index contributed by atoms with van der Waals surface area (Å²) in [7, 11) is 2.02. The molecule has 1 amide bonds. The van der Waals surface area contributed by atoms with Crippen LogP contribution in [0.5, 0.6) is 5.75 Å². The molecule has 0 spiro atoms. The summed E-state index contributed by atoms with van der Waals surface area (Å²) in [6, 6.07) is 7.71. The highest BCUT2D eigenvalue weighted by Gasteiger charge is 2.28. The molecular formula is C23H30N4O3. The lowest BCUT2D eigenvalue weighted by Gasteiger charge is -2.33. The van der Waals surface area contributed by atoms with E-state index in [4.69, 9.17) is 9.72 Å². The maximum Gasteiger partial charge on any atom is 0.255 e. The fourth-order valence-corrected chi connectivity index (χ4v) is 4.36. The standard InChI is InChI=1S/C23H30N4O3/c1-3-30-18-8-6-16(7-9-18)13-21(28)27-11-4-5-17(14-27)22-24-20-10-12-26(2)15-19(20)23(29)25-22/h6-9,17H,3-5,10-15H2,1-2H3,(H,24,25,29). The van der Waals surface area contributed by atoms with Gasteiger partial charge in [-0.25, -0.2) is 4.98 Å². The van der Waals surface area contributed by atoms with Gasteiger partial charge in [-0.3, -0.25) is 9.59 Å². The number of fused-ring (bicyclic) bond motifs is 1. The molecule has 0 radical (unpaired) electrons. The lowest BCUT2D eigenvalue weighted by Crippen LogP contribution is -2.41. The number of hydrogen-bond acceptors (Lipinski definition) is 5. The van der Waals surface area contributed by atoms with Gasteiger partial charge in [0.05, 0.1) is 24.3 Å². The molecule has 1 N–H and O–H groups in total. The number of H-pyrrole nitrogens is 1. The number of likely N-dealkylation sites (N-methyl/N-ethyl adjacent to an activating group) is 1. The monoisotopic (exact) mass is 410 g/mol. The van der Waals surface area contributed by atoms with E-state index >= 15 is 0 Å². The number of benzene rings is 1. The Morgan fingerprint density at radius 3 is 2.83 bits per heavy atom. The molecule has 3 heterocycles. The Hall–Kier alpha value is -2.67. The molecule has 0 bridgehead atoms. The van der Waals surface area contributed by atoms with Crippen LogP contribution in [0.1, 0.15) is 48.3 Å². The van der Waals surface area contributed by atoms with E-state index in [0.29, 0.717) is 26.1 Å². The van der Waals surface area contributed by atoms with Gasteiger partial charge in [0.1, 0.15) is 11.6 Å². The van der Waals surface area contributed by atoms with Gasteiger partial charge >= 0.3 is 0 Å². The van der Waals surface area contributed by atoms with E-state index in [2.05, 4.69) is 9.88 Å². The maximum absolute atomic E-state index is 12.9. The van der Waals surface area contributed by atoms with Gasteiger partial charge in [0.2, 0.25) is 5.91 Å². The zero-order valence-corrected chi connectivity index (χ0v) is 17.8. The lowest BCUT2D eigenvalue weighted by atomic mass is 9.95. The van der Waals surface area contributed by atoms with Gasteiger partial charge in [-0.1, -0.05) is 12.1 Å². The fourth-order valence-electron chi connectivity index (χ4n) is 4.36. The van der Waals surface area contributed by atoms with Gasteiger partial charge in [-0.05, 0) is 44.5 Å². The topological polar surface area (TPSA) is 78.5 Å². The molecule has 1 unspecified atom stereocenters. The van der Waals surface area contributed by atoms with Crippen molar-refractivity contribution >= 4 is 5.91 Å². The molecule has 4 rings (SSSR count). The van der Waals surface area contributed by atoms with Crippen molar-refractivity contribution in [3.05, 3.63) is 57.3 Å². The van der Waals surface area contributed by atoms with Crippen molar-refractivity contribution in [3.8, 4) is 5.75 Å². The number of ether oxygens (including phenoxy) is 1. The Labute approximate surface area is 177 Å². The predicted octanol–water partition coefficient (Wildman–Crippen LogP) is 2.11. The van der Waals surface area contributed by atoms with E-state index in [9.17, 15) is 9.59 Å². The first-order chi connectivity index (χ1) is 14.5. The molecule has 0 aliphatic carbocycles. The number of aromatic amines is 1. The van der Waals surface area contributed by atoms with E-state index < -0.39 is 0 Å². The van der Waals surface area contributed by atoms with E-state index in [1.165, 1.54) is 0 Å². The van der Waals surface area contributed by atoms with Crippen LogP contribution in [0.15, 0.2) is 29.1 Å². The van der Waals surface area contributed by atoms with Crippen molar-refractivity contribution in [2.75, 3.05) is 33.3 Å². The van der Waals surface area contributed by atoms with Crippen LogP contribution in [0.25, 0.3) is 0 Å². The maximum atomic E-state index is 12.9. The largest absolute Gasteiger partial charge is 0.494 e. The minimum Gasteiger partial charge on any atom is -0.494 e. The van der Waals surface area contributed by atoms with Crippen molar-refractivity contribution in [1.82, 2.24) is 19.8 Å². The SMILES string of the molecule is CCOc1ccc(CC(=O)N2CCCC(c3nc4c(c(=O)[nH]3)CN(C)CC4)C2)cc1. The first-order valence-electron chi connectivity index (χ1n) is 10.8. The predicted molar refractivity (Wildman–Crippen MR) is 115 cm³/mol.